The van der Waals surface area contributed by atoms with E-state index < -0.39 is 0 Å². The predicted molar refractivity (Wildman–Crippen MR) is 75.3 cm³/mol. The van der Waals surface area contributed by atoms with Gasteiger partial charge in [0.2, 0.25) is 0 Å². The SMILES string of the molecule is Cc1c(Cl)ccc2nc(C3CCNCC3)n(C)c12. The zero-order valence-electron chi connectivity index (χ0n) is 10.8. The lowest BCUT2D eigenvalue weighted by atomic mass is 9.97. The molecule has 3 nitrogen and oxygen atoms in total. The second kappa shape index (κ2) is 4.56. The first-order chi connectivity index (χ1) is 8.68. The Morgan fingerprint density at radius 1 is 1.33 bits per heavy atom. The largest absolute Gasteiger partial charge is 0.331 e. The van der Waals surface area contributed by atoms with Crippen molar-refractivity contribution in [1.82, 2.24) is 14.9 Å². The summed E-state index contributed by atoms with van der Waals surface area (Å²) < 4.78 is 2.23. The molecule has 1 aromatic heterocycles. The number of hydrogen-bond donors (Lipinski definition) is 1. The second-order valence-corrected chi connectivity index (χ2v) is 5.50. The van der Waals surface area contributed by atoms with Gasteiger partial charge in [0.25, 0.3) is 0 Å². The summed E-state index contributed by atoms with van der Waals surface area (Å²) in [6, 6.07) is 3.97. The Labute approximate surface area is 112 Å². The number of piperidine rings is 1. The van der Waals surface area contributed by atoms with Crippen molar-refractivity contribution in [3.63, 3.8) is 0 Å². The molecule has 96 valence electrons. The number of rotatable bonds is 1. The molecule has 1 aliphatic heterocycles. The first-order valence-corrected chi connectivity index (χ1v) is 6.88. The molecule has 2 heterocycles. The highest BCUT2D eigenvalue weighted by atomic mass is 35.5. The minimum absolute atomic E-state index is 0.571. The lowest BCUT2D eigenvalue weighted by molar-refractivity contribution is 0.438. The van der Waals surface area contributed by atoms with Crippen LogP contribution in [0.2, 0.25) is 5.02 Å². The van der Waals surface area contributed by atoms with Crippen LogP contribution < -0.4 is 5.32 Å². The van der Waals surface area contributed by atoms with Crippen LogP contribution >= 0.6 is 11.6 Å². The fraction of sp³-hybridized carbons (Fsp3) is 0.500. The molecule has 1 aliphatic rings. The van der Waals surface area contributed by atoms with E-state index in [1.54, 1.807) is 0 Å². The van der Waals surface area contributed by atoms with Gasteiger partial charge in [0.15, 0.2) is 0 Å². The number of halogens is 1. The normalized spacial score (nSPS) is 17.5. The summed E-state index contributed by atoms with van der Waals surface area (Å²) in [5, 5.41) is 4.22. The molecule has 0 spiro atoms. The van der Waals surface area contributed by atoms with Gasteiger partial charge in [-0.3, -0.25) is 0 Å². The van der Waals surface area contributed by atoms with Gasteiger partial charge in [-0.25, -0.2) is 4.98 Å². The van der Waals surface area contributed by atoms with E-state index in [-0.39, 0.29) is 0 Å². The predicted octanol–water partition coefficient (Wildman–Crippen LogP) is 3.00. The topological polar surface area (TPSA) is 29.9 Å². The number of fused-ring (bicyclic) bond motifs is 1. The van der Waals surface area contributed by atoms with Crippen LogP contribution in [0.3, 0.4) is 0 Å². The third-order valence-electron chi connectivity index (χ3n) is 3.96. The Kier molecular flexibility index (Phi) is 3.04. The minimum atomic E-state index is 0.571. The minimum Gasteiger partial charge on any atom is -0.331 e. The number of hydrogen-bond acceptors (Lipinski definition) is 2. The molecular weight excluding hydrogens is 246 g/mol. The molecule has 0 radical (unpaired) electrons. The first kappa shape index (κ1) is 12.0. The van der Waals surface area contributed by atoms with Gasteiger partial charge in [0.1, 0.15) is 5.82 Å². The standard InChI is InChI=1S/C14H18ClN3/c1-9-11(15)3-4-12-13(9)18(2)14(17-12)10-5-7-16-8-6-10/h3-4,10,16H,5-8H2,1-2H3. The van der Waals surface area contributed by atoms with Gasteiger partial charge < -0.3 is 9.88 Å². The van der Waals surface area contributed by atoms with Crippen molar-refractivity contribution < 1.29 is 0 Å². The van der Waals surface area contributed by atoms with E-state index in [4.69, 9.17) is 16.6 Å². The summed E-state index contributed by atoms with van der Waals surface area (Å²) in [6.07, 6.45) is 2.34. The number of nitrogens with zero attached hydrogens (tertiary/aromatic N) is 2. The quantitative estimate of drug-likeness (QED) is 0.857. The van der Waals surface area contributed by atoms with Crippen molar-refractivity contribution in [2.45, 2.75) is 25.7 Å². The molecule has 3 rings (SSSR count). The number of aryl methyl sites for hydroxylation is 2. The highest BCUT2D eigenvalue weighted by Crippen LogP contribution is 2.30. The fourth-order valence-electron chi connectivity index (χ4n) is 2.93. The van der Waals surface area contributed by atoms with Gasteiger partial charge >= 0.3 is 0 Å². The van der Waals surface area contributed by atoms with Crippen molar-refractivity contribution in [2.24, 2.45) is 7.05 Å². The van der Waals surface area contributed by atoms with Crippen LogP contribution in [0.5, 0.6) is 0 Å². The van der Waals surface area contributed by atoms with Crippen molar-refractivity contribution in [2.75, 3.05) is 13.1 Å². The van der Waals surface area contributed by atoms with E-state index in [9.17, 15) is 0 Å². The Morgan fingerprint density at radius 3 is 2.78 bits per heavy atom. The summed E-state index contributed by atoms with van der Waals surface area (Å²) in [4.78, 5) is 4.81. The maximum atomic E-state index is 6.20. The average Bonchev–Trinajstić information content (AvgIpc) is 2.73. The summed E-state index contributed by atoms with van der Waals surface area (Å²) in [5.74, 6) is 1.78. The Bertz CT molecular complexity index is 582. The molecule has 0 atom stereocenters. The van der Waals surface area contributed by atoms with Crippen LogP contribution in [-0.2, 0) is 7.05 Å². The van der Waals surface area contributed by atoms with E-state index in [2.05, 4.69) is 23.9 Å². The van der Waals surface area contributed by atoms with E-state index in [0.717, 1.165) is 29.2 Å². The van der Waals surface area contributed by atoms with Gasteiger partial charge in [-0.15, -0.1) is 0 Å². The van der Waals surface area contributed by atoms with Gasteiger partial charge in [-0.05, 0) is 50.6 Å². The van der Waals surface area contributed by atoms with E-state index in [1.807, 2.05) is 12.1 Å². The number of nitrogens with one attached hydrogen (secondary N) is 1. The summed E-state index contributed by atoms with van der Waals surface area (Å²) in [5.41, 5.74) is 3.37. The molecular formula is C14H18ClN3. The molecule has 1 saturated heterocycles. The molecule has 4 heteroatoms. The van der Waals surface area contributed by atoms with E-state index >= 15 is 0 Å². The Hall–Kier alpha value is -1.06. The Balaban J connectivity index is 2.13. The van der Waals surface area contributed by atoms with Crippen LogP contribution in [-0.4, -0.2) is 22.6 Å². The molecule has 0 saturated carbocycles. The van der Waals surface area contributed by atoms with Crippen LogP contribution in [0.25, 0.3) is 11.0 Å². The lowest BCUT2D eigenvalue weighted by Crippen LogP contribution is -2.27. The smallest absolute Gasteiger partial charge is 0.112 e. The van der Waals surface area contributed by atoms with Crippen LogP contribution in [0.4, 0.5) is 0 Å². The van der Waals surface area contributed by atoms with Gasteiger partial charge in [0.05, 0.1) is 11.0 Å². The molecule has 2 aromatic rings. The van der Waals surface area contributed by atoms with Crippen LogP contribution in [0.1, 0.15) is 30.1 Å². The van der Waals surface area contributed by atoms with E-state index in [0.29, 0.717) is 5.92 Å². The maximum Gasteiger partial charge on any atom is 0.112 e. The highest BCUT2D eigenvalue weighted by Gasteiger charge is 2.21. The van der Waals surface area contributed by atoms with Crippen LogP contribution in [0, 0.1) is 6.92 Å². The zero-order valence-corrected chi connectivity index (χ0v) is 11.6. The monoisotopic (exact) mass is 263 g/mol. The summed E-state index contributed by atoms with van der Waals surface area (Å²) in [7, 11) is 2.11. The third-order valence-corrected chi connectivity index (χ3v) is 4.37. The molecule has 0 unspecified atom stereocenters. The van der Waals surface area contributed by atoms with Crippen molar-refractivity contribution >= 4 is 22.6 Å². The molecule has 1 fully saturated rings. The molecule has 18 heavy (non-hydrogen) atoms. The van der Waals surface area contributed by atoms with Gasteiger partial charge in [0, 0.05) is 18.0 Å². The third kappa shape index (κ3) is 1.82. The number of benzene rings is 1. The summed E-state index contributed by atoms with van der Waals surface area (Å²) in [6.45, 7) is 4.25. The number of imidazole rings is 1. The van der Waals surface area contributed by atoms with Crippen molar-refractivity contribution in [3.8, 4) is 0 Å². The van der Waals surface area contributed by atoms with Gasteiger partial charge in [-0.1, -0.05) is 11.6 Å². The second-order valence-electron chi connectivity index (χ2n) is 5.09. The maximum absolute atomic E-state index is 6.20. The lowest BCUT2D eigenvalue weighted by Gasteiger charge is -2.22. The number of aromatic nitrogens is 2. The summed E-state index contributed by atoms with van der Waals surface area (Å²) >= 11 is 6.20. The average molecular weight is 264 g/mol. The van der Waals surface area contributed by atoms with E-state index in [1.165, 1.54) is 24.2 Å². The molecule has 0 aliphatic carbocycles. The van der Waals surface area contributed by atoms with Crippen molar-refractivity contribution in [3.05, 3.63) is 28.5 Å². The molecule has 0 bridgehead atoms. The van der Waals surface area contributed by atoms with Gasteiger partial charge in [-0.2, -0.15) is 0 Å². The van der Waals surface area contributed by atoms with Crippen LogP contribution in [0.15, 0.2) is 12.1 Å². The fourth-order valence-corrected chi connectivity index (χ4v) is 3.09. The Morgan fingerprint density at radius 2 is 2.06 bits per heavy atom. The highest BCUT2D eigenvalue weighted by molar-refractivity contribution is 6.32. The molecule has 1 N–H and O–H groups in total. The van der Waals surface area contributed by atoms with Crippen molar-refractivity contribution in [1.29, 1.82) is 0 Å². The first-order valence-electron chi connectivity index (χ1n) is 6.50. The zero-order chi connectivity index (χ0) is 12.7. The molecule has 0 amide bonds. The molecule has 1 aromatic carbocycles.